The van der Waals surface area contributed by atoms with Gasteiger partial charge in [0.25, 0.3) is 0 Å². The molecule has 11 heteroatoms. The zero-order chi connectivity index (χ0) is 28.2. The Bertz CT molecular complexity index is 932. The third kappa shape index (κ3) is 5.25. The van der Waals surface area contributed by atoms with Crippen molar-refractivity contribution < 1.29 is 33.8 Å². The molecule has 0 spiro atoms. The van der Waals surface area contributed by atoms with Crippen molar-refractivity contribution in [3.63, 3.8) is 0 Å². The molecule has 2 amide bonds. The number of likely N-dealkylation sites (tertiary alicyclic amines) is 2. The number of aliphatic hydroxyl groups is 1. The molecule has 0 aromatic carbocycles. The molecular formula is C27H42N4O7. The maximum Gasteiger partial charge on any atom is 0.344 e. The fraction of sp³-hybridized carbons (Fsp3) is 0.815. The Morgan fingerprint density at radius 1 is 1.03 bits per heavy atom. The van der Waals surface area contributed by atoms with Gasteiger partial charge < -0.3 is 24.8 Å². The first kappa shape index (κ1) is 29.8. The van der Waals surface area contributed by atoms with Crippen LogP contribution in [0.5, 0.6) is 0 Å². The number of fused-ring (bicyclic) bond motifs is 1. The van der Waals surface area contributed by atoms with Crippen LogP contribution in [0.1, 0.15) is 73.1 Å². The van der Waals surface area contributed by atoms with Crippen molar-refractivity contribution in [3.8, 4) is 6.07 Å². The minimum absolute atomic E-state index is 0.0322. The van der Waals surface area contributed by atoms with Gasteiger partial charge in [0.05, 0.1) is 25.3 Å². The van der Waals surface area contributed by atoms with Gasteiger partial charge in [-0.1, -0.05) is 20.3 Å². The van der Waals surface area contributed by atoms with E-state index in [4.69, 9.17) is 14.7 Å². The molecular weight excluding hydrogens is 492 g/mol. The van der Waals surface area contributed by atoms with E-state index in [1.807, 2.05) is 4.90 Å². The number of carbonyl (C=O) groups is 4. The van der Waals surface area contributed by atoms with E-state index in [0.717, 1.165) is 37.1 Å². The molecule has 3 heterocycles. The summed E-state index contributed by atoms with van der Waals surface area (Å²) in [7, 11) is 0. The standard InChI is InChI=1S/C14H23NO6.C13H19N3O/c1-5-10-8-11(17)15(9(4)16)14(10,12(18)20-6-2)13(19)21-7-3;1-2-8-3-4-15-12(8)13(17)16-10(7-14)5-9-6-11(9)16/h10-11,17H,5-8H2,1-4H3;8-12,15H,2-6H2,1H3/t;8?,9-,10?,11+,12?/m.1/s1. The maximum atomic E-state index is 12.5. The molecule has 4 rings (SSSR count). The molecule has 7 atom stereocenters. The van der Waals surface area contributed by atoms with Crippen LogP contribution in [0.15, 0.2) is 0 Å². The molecule has 38 heavy (non-hydrogen) atoms. The Balaban J connectivity index is 0.000000214. The van der Waals surface area contributed by atoms with Gasteiger partial charge in [0.15, 0.2) is 0 Å². The van der Waals surface area contributed by atoms with Crippen LogP contribution in [-0.4, -0.2) is 88.3 Å². The average molecular weight is 535 g/mol. The van der Waals surface area contributed by atoms with Crippen LogP contribution in [0, 0.1) is 29.1 Å². The van der Waals surface area contributed by atoms with E-state index < -0.39 is 35.5 Å². The predicted molar refractivity (Wildman–Crippen MR) is 136 cm³/mol. The summed E-state index contributed by atoms with van der Waals surface area (Å²) in [5.41, 5.74) is -1.90. The van der Waals surface area contributed by atoms with Crippen LogP contribution in [-0.2, 0) is 28.7 Å². The summed E-state index contributed by atoms with van der Waals surface area (Å²) >= 11 is 0. The second kappa shape index (κ2) is 12.4. The Morgan fingerprint density at radius 3 is 2.16 bits per heavy atom. The zero-order valence-electron chi connectivity index (χ0n) is 23.1. The number of aliphatic hydroxyl groups excluding tert-OH is 1. The zero-order valence-corrected chi connectivity index (χ0v) is 23.1. The highest BCUT2D eigenvalue weighted by molar-refractivity contribution is 6.08. The molecule has 3 saturated heterocycles. The number of rotatable bonds is 7. The van der Waals surface area contributed by atoms with Crippen molar-refractivity contribution >= 4 is 23.8 Å². The fourth-order valence-corrected chi connectivity index (χ4v) is 6.51. The third-order valence-electron chi connectivity index (χ3n) is 8.42. The van der Waals surface area contributed by atoms with E-state index in [0.29, 0.717) is 24.3 Å². The summed E-state index contributed by atoms with van der Waals surface area (Å²) in [5, 5.41) is 22.6. The summed E-state index contributed by atoms with van der Waals surface area (Å²) in [5.74, 6) is -1.55. The highest BCUT2D eigenvalue weighted by Crippen LogP contribution is 2.48. The topological polar surface area (TPSA) is 149 Å². The maximum absolute atomic E-state index is 12.5. The van der Waals surface area contributed by atoms with Crippen LogP contribution in [0.3, 0.4) is 0 Å². The van der Waals surface area contributed by atoms with Crippen molar-refractivity contribution in [2.75, 3.05) is 19.8 Å². The van der Waals surface area contributed by atoms with Gasteiger partial charge in [-0.05, 0) is 64.3 Å². The monoisotopic (exact) mass is 534 g/mol. The predicted octanol–water partition coefficient (Wildman–Crippen LogP) is 1.34. The number of amides is 2. The summed E-state index contributed by atoms with van der Waals surface area (Å²) < 4.78 is 10.0. The molecule has 11 nitrogen and oxygen atoms in total. The summed E-state index contributed by atoms with van der Waals surface area (Å²) in [6.07, 6.45) is 3.51. The molecule has 1 saturated carbocycles. The first-order chi connectivity index (χ1) is 18.1. The molecule has 4 aliphatic rings. The Morgan fingerprint density at radius 2 is 1.66 bits per heavy atom. The smallest absolute Gasteiger partial charge is 0.344 e. The highest BCUT2D eigenvalue weighted by atomic mass is 16.6. The van der Waals surface area contributed by atoms with Gasteiger partial charge in [-0.15, -0.1) is 0 Å². The summed E-state index contributed by atoms with van der Waals surface area (Å²) in [6, 6.07) is 2.48. The van der Waals surface area contributed by atoms with E-state index in [1.54, 1.807) is 20.8 Å². The van der Waals surface area contributed by atoms with Gasteiger partial charge in [-0.3, -0.25) is 14.5 Å². The number of hydrogen-bond acceptors (Lipinski definition) is 9. The van der Waals surface area contributed by atoms with Crippen LogP contribution in [0.4, 0.5) is 0 Å². The second-order valence-corrected chi connectivity index (χ2v) is 10.5. The van der Waals surface area contributed by atoms with Crippen LogP contribution >= 0.6 is 0 Å². The summed E-state index contributed by atoms with van der Waals surface area (Å²) in [4.78, 5) is 52.2. The van der Waals surface area contributed by atoms with Crippen molar-refractivity contribution in [2.24, 2.45) is 17.8 Å². The minimum Gasteiger partial charge on any atom is -0.464 e. The van der Waals surface area contributed by atoms with E-state index in [9.17, 15) is 24.3 Å². The number of nitriles is 1. The van der Waals surface area contributed by atoms with Crippen LogP contribution in [0.25, 0.3) is 0 Å². The number of nitrogens with one attached hydrogen (secondary N) is 1. The largest absolute Gasteiger partial charge is 0.464 e. The lowest BCUT2D eigenvalue weighted by Crippen LogP contribution is -2.64. The molecule has 4 fully saturated rings. The molecule has 3 aliphatic heterocycles. The Kier molecular flexibility index (Phi) is 9.76. The molecule has 0 aromatic rings. The number of piperidine rings is 1. The molecule has 1 aliphatic carbocycles. The van der Waals surface area contributed by atoms with E-state index >= 15 is 0 Å². The first-order valence-electron chi connectivity index (χ1n) is 13.9. The number of hydrogen-bond donors (Lipinski definition) is 2. The lowest BCUT2D eigenvalue weighted by atomic mass is 9.82. The van der Waals surface area contributed by atoms with Crippen molar-refractivity contribution in [1.29, 1.82) is 5.26 Å². The number of nitrogens with zero attached hydrogens (tertiary/aromatic N) is 3. The second-order valence-electron chi connectivity index (χ2n) is 10.5. The first-order valence-corrected chi connectivity index (χ1v) is 13.9. The molecule has 5 unspecified atom stereocenters. The van der Waals surface area contributed by atoms with E-state index in [-0.39, 0.29) is 37.6 Å². The number of carbonyl (C=O) groups excluding carboxylic acids is 4. The van der Waals surface area contributed by atoms with Crippen LogP contribution in [0.2, 0.25) is 0 Å². The van der Waals surface area contributed by atoms with Gasteiger partial charge in [-0.2, -0.15) is 5.26 Å². The fourth-order valence-electron chi connectivity index (χ4n) is 6.51. The third-order valence-corrected chi connectivity index (χ3v) is 8.42. The number of esters is 2. The molecule has 0 aromatic heterocycles. The molecule has 212 valence electrons. The molecule has 0 bridgehead atoms. The highest BCUT2D eigenvalue weighted by Gasteiger charge is 2.66. The SMILES string of the molecule is CCC1CCNC1C(=O)N1C(C#N)C[C@@H]2C[C@@H]21.CCOC(=O)C1(C(=O)OCC)C(CC)CC(O)N1C(C)=O. The summed E-state index contributed by atoms with van der Waals surface area (Å²) in [6.45, 7) is 9.43. The van der Waals surface area contributed by atoms with Gasteiger partial charge in [0.2, 0.25) is 17.4 Å². The van der Waals surface area contributed by atoms with Gasteiger partial charge in [0.1, 0.15) is 12.3 Å². The van der Waals surface area contributed by atoms with Gasteiger partial charge in [-0.25, -0.2) is 9.59 Å². The van der Waals surface area contributed by atoms with Gasteiger partial charge in [0, 0.05) is 18.9 Å². The Hall–Kier alpha value is -2.71. The minimum atomic E-state index is -1.90. The van der Waals surface area contributed by atoms with Crippen molar-refractivity contribution in [3.05, 3.63) is 0 Å². The van der Waals surface area contributed by atoms with E-state index in [1.165, 1.54) is 6.92 Å². The number of ether oxygens (including phenoxy) is 2. The quantitative estimate of drug-likeness (QED) is 0.364. The van der Waals surface area contributed by atoms with Gasteiger partial charge >= 0.3 is 11.9 Å². The normalized spacial score (nSPS) is 32.5. The molecule has 0 radical (unpaired) electrons. The van der Waals surface area contributed by atoms with Crippen molar-refractivity contribution in [2.45, 2.75) is 103 Å². The van der Waals surface area contributed by atoms with Crippen LogP contribution < -0.4 is 5.32 Å². The van der Waals surface area contributed by atoms with Crippen molar-refractivity contribution in [1.82, 2.24) is 15.1 Å². The lowest BCUT2D eigenvalue weighted by molar-refractivity contribution is -0.184. The molecule has 2 N–H and O–H groups in total. The lowest BCUT2D eigenvalue weighted by Gasteiger charge is -2.37. The Labute approximate surface area is 224 Å². The van der Waals surface area contributed by atoms with E-state index in [2.05, 4.69) is 18.3 Å². The average Bonchev–Trinajstić information content (AvgIpc) is 3.23.